The fraction of sp³-hybridized carbons (Fsp3) is 0.154. The molecule has 0 saturated heterocycles. The molecule has 8 heteroatoms. The first-order chi connectivity index (χ1) is 9.79. The van der Waals surface area contributed by atoms with Gasteiger partial charge in [-0.2, -0.15) is 0 Å². The summed E-state index contributed by atoms with van der Waals surface area (Å²) < 4.78 is 27.9. The molecule has 0 aliphatic rings. The van der Waals surface area contributed by atoms with E-state index in [0.717, 1.165) is 0 Å². The number of rotatable bonds is 4. The van der Waals surface area contributed by atoms with Crippen LogP contribution in [0.3, 0.4) is 0 Å². The van der Waals surface area contributed by atoms with E-state index < -0.39 is 10.0 Å². The molecule has 5 nitrogen and oxygen atoms in total. The third kappa shape index (κ3) is 3.87. The van der Waals surface area contributed by atoms with Crippen LogP contribution in [0.25, 0.3) is 0 Å². The highest BCUT2D eigenvalue weighted by Crippen LogP contribution is 2.30. The Bertz CT molecular complexity index is 766. The highest BCUT2D eigenvalue weighted by atomic mass is 79.9. The quantitative estimate of drug-likeness (QED) is 0.869. The van der Waals surface area contributed by atoms with Crippen molar-refractivity contribution in [1.82, 2.24) is 4.98 Å². The van der Waals surface area contributed by atoms with E-state index in [1.807, 2.05) is 14.1 Å². The number of sulfonamides is 1. The lowest BCUT2D eigenvalue weighted by Crippen LogP contribution is -2.17. The minimum Gasteiger partial charge on any atom is -0.376 e. The van der Waals surface area contributed by atoms with E-state index in [0.29, 0.717) is 20.9 Å². The molecule has 0 saturated carbocycles. The minimum atomic E-state index is -3.74. The van der Waals surface area contributed by atoms with E-state index >= 15 is 0 Å². The summed E-state index contributed by atoms with van der Waals surface area (Å²) in [4.78, 5) is 5.73. The van der Waals surface area contributed by atoms with Gasteiger partial charge in [0.15, 0.2) is 0 Å². The van der Waals surface area contributed by atoms with Crippen molar-refractivity contribution in [2.75, 3.05) is 23.7 Å². The largest absolute Gasteiger partial charge is 0.376 e. The Labute approximate surface area is 137 Å². The normalized spacial score (nSPS) is 11.2. The van der Waals surface area contributed by atoms with Crippen LogP contribution in [0.4, 0.5) is 11.4 Å². The Morgan fingerprint density at radius 3 is 2.57 bits per heavy atom. The van der Waals surface area contributed by atoms with Crippen LogP contribution in [0.15, 0.2) is 46.0 Å². The standard InChI is InChI=1S/C13H13BrClN3O2S/c1-18(2)13-4-3-10(15)6-12(13)17-21(19,20)11-5-9(14)7-16-8-11/h3-8,17H,1-2H3. The van der Waals surface area contributed by atoms with Crippen molar-refractivity contribution in [2.24, 2.45) is 0 Å². The Hall–Kier alpha value is -1.31. The van der Waals surface area contributed by atoms with Gasteiger partial charge < -0.3 is 4.90 Å². The van der Waals surface area contributed by atoms with Gasteiger partial charge in [-0.1, -0.05) is 11.6 Å². The molecule has 1 aromatic heterocycles. The zero-order chi connectivity index (χ0) is 15.6. The summed E-state index contributed by atoms with van der Waals surface area (Å²) in [6.07, 6.45) is 2.80. The molecular formula is C13H13BrClN3O2S. The molecule has 0 radical (unpaired) electrons. The lowest BCUT2D eigenvalue weighted by atomic mass is 10.2. The smallest absolute Gasteiger partial charge is 0.263 e. The maximum atomic E-state index is 12.4. The van der Waals surface area contributed by atoms with Gasteiger partial charge in [-0.05, 0) is 40.2 Å². The Balaban J connectivity index is 2.44. The molecule has 1 N–H and O–H groups in total. The molecular weight excluding hydrogens is 378 g/mol. The van der Waals surface area contributed by atoms with Crippen LogP contribution < -0.4 is 9.62 Å². The first-order valence-electron chi connectivity index (χ1n) is 5.90. The minimum absolute atomic E-state index is 0.0709. The van der Waals surface area contributed by atoms with Gasteiger partial charge >= 0.3 is 0 Å². The first kappa shape index (κ1) is 16.1. The monoisotopic (exact) mass is 389 g/mol. The number of benzene rings is 1. The van der Waals surface area contributed by atoms with Crippen LogP contribution in [0.2, 0.25) is 5.02 Å². The van der Waals surface area contributed by atoms with Crippen LogP contribution in [0, 0.1) is 0 Å². The lowest BCUT2D eigenvalue weighted by molar-refractivity contribution is 0.600. The number of nitrogens with zero attached hydrogens (tertiary/aromatic N) is 2. The average Bonchev–Trinajstić information content (AvgIpc) is 2.38. The van der Waals surface area contributed by atoms with Gasteiger partial charge in [-0.3, -0.25) is 9.71 Å². The molecule has 0 spiro atoms. The van der Waals surface area contributed by atoms with E-state index in [-0.39, 0.29) is 4.90 Å². The van der Waals surface area contributed by atoms with Gasteiger partial charge in [0.2, 0.25) is 0 Å². The molecule has 21 heavy (non-hydrogen) atoms. The number of hydrogen-bond acceptors (Lipinski definition) is 4. The summed E-state index contributed by atoms with van der Waals surface area (Å²) >= 11 is 9.15. The molecule has 112 valence electrons. The zero-order valence-corrected chi connectivity index (χ0v) is 14.5. The van der Waals surface area contributed by atoms with Crippen LogP contribution in [0.1, 0.15) is 0 Å². The van der Waals surface area contributed by atoms with Gasteiger partial charge in [-0.25, -0.2) is 8.42 Å². The van der Waals surface area contributed by atoms with Crippen molar-refractivity contribution >= 4 is 48.9 Å². The number of aromatic nitrogens is 1. The van der Waals surface area contributed by atoms with Crippen molar-refractivity contribution in [1.29, 1.82) is 0 Å². The lowest BCUT2D eigenvalue weighted by Gasteiger charge is -2.18. The fourth-order valence-corrected chi connectivity index (χ4v) is 3.46. The number of halogens is 2. The van der Waals surface area contributed by atoms with Crippen molar-refractivity contribution in [3.8, 4) is 0 Å². The van der Waals surface area contributed by atoms with Crippen LogP contribution in [-0.2, 0) is 10.0 Å². The Kier molecular flexibility index (Phi) is 4.75. The molecule has 2 rings (SSSR count). The molecule has 0 fully saturated rings. The van der Waals surface area contributed by atoms with E-state index in [1.165, 1.54) is 18.5 Å². The molecule has 0 unspecified atom stereocenters. The maximum absolute atomic E-state index is 12.4. The Morgan fingerprint density at radius 1 is 1.24 bits per heavy atom. The second-order valence-corrected chi connectivity index (χ2v) is 7.53. The van der Waals surface area contributed by atoms with Gasteiger partial charge in [0.05, 0.1) is 11.4 Å². The summed E-state index contributed by atoms with van der Waals surface area (Å²) in [7, 11) is -0.0942. The van der Waals surface area contributed by atoms with E-state index in [4.69, 9.17) is 11.6 Å². The zero-order valence-electron chi connectivity index (χ0n) is 11.3. The van der Waals surface area contributed by atoms with E-state index in [1.54, 1.807) is 23.1 Å². The molecule has 0 amide bonds. The predicted octanol–water partition coefficient (Wildman–Crippen LogP) is 3.36. The third-order valence-corrected chi connectivity index (χ3v) is 4.68. The summed E-state index contributed by atoms with van der Waals surface area (Å²) in [5.41, 5.74) is 1.12. The second-order valence-electron chi connectivity index (χ2n) is 4.50. The molecule has 0 aliphatic carbocycles. The highest BCUT2D eigenvalue weighted by molar-refractivity contribution is 9.10. The summed E-state index contributed by atoms with van der Waals surface area (Å²) in [6.45, 7) is 0. The van der Waals surface area contributed by atoms with Crippen LogP contribution in [0.5, 0.6) is 0 Å². The highest BCUT2D eigenvalue weighted by Gasteiger charge is 2.17. The predicted molar refractivity (Wildman–Crippen MR) is 88.5 cm³/mol. The van der Waals surface area contributed by atoms with Crippen LogP contribution >= 0.6 is 27.5 Å². The molecule has 0 atom stereocenters. The maximum Gasteiger partial charge on any atom is 0.263 e. The van der Waals surface area contributed by atoms with E-state index in [2.05, 4.69) is 25.6 Å². The second kappa shape index (κ2) is 6.21. The molecule has 0 bridgehead atoms. The van der Waals surface area contributed by atoms with Gasteiger partial charge in [0.25, 0.3) is 10.0 Å². The number of nitrogens with one attached hydrogen (secondary N) is 1. The molecule has 0 aliphatic heterocycles. The Morgan fingerprint density at radius 2 is 1.95 bits per heavy atom. The first-order valence-corrected chi connectivity index (χ1v) is 8.55. The summed E-state index contributed by atoms with van der Waals surface area (Å²) in [5, 5.41) is 0.450. The van der Waals surface area contributed by atoms with Gasteiger partial charge in [0.1, 0.15) is 4.90 Å². The average molecular weight is 391 g/mol. The number of pyridine rings is 1. The van der Waals surface area contributed by atoms with Crippen molar-refractivity contribution in [3.05, 3.63) is 46.2 Å². The summed E-state index contributed by atoms with van der Waals surface area (Å²) in [5.74, 6) is 0. The number of hydrogen-bond donors (Lipinski definition) is 1. The van der Waals surface area contributed by atoms with Crippen molar-refractivity contribution in [2.45, 2.75) is 4.90 Å². The molecule has 2 aromatic rings. The van der Waals surface area contributed by atoms with Crippen LogP contribution in [-0.4, -0.2) is 27.5 Å². The molecule has 1 heterocycles. The number of anilines is 2. The SMILES string of the molecule is CN(C)c1ccc(Cl)cc1NS(=O)(=O)c1cncc(Br)c1. The van der Waals surface area contributed by atoms with Gasteiger partial charge in [-0.15, -0.1) is 0 Å². The van der Waals surface area contributed by atoms with Crippen molar-refractivity contribution in [3.63, 3.8) is 0 Å². The molecule has 1 aromatic carbocycles. The van der Waals surface area contributed by atoms with Gasteiger partial charge in [0, 0.05) is 36.0 Å². The topological polar surface area (TPSA) is 62.3 Å². The summed E-state index contributed by atoms with van der Waals surface area (Å²) in [6, 6.07) is 6.50. The fourth-order valence-electron chi connectivity index (χ4n) is 1.72. The van der Waals surface area contributed by atoms with E-state index in [9.17, 15) is 8.42 Å². The van der Waals surface area contributed by atoms with Crippen molar-refractivity contribution < 1.29 is 8.42 Å². The third-order valence-electron chi connectivity index (χ3n) is 2.67.